The second kappa shape index (κ2) is 6.25. The van der Waals surface area contributed by atoms with Gasteiger partial charge in [-0.2, -0.15) is 0 Å². The molecule has 0 amide bonds. The summed E-state index contributed by atoms with van der Waals surface area (Å²) >= 11 is 5.86. The minimum Gasteiger partial charge on any atom is -0.357 e. The second-order valence-corrected chi connectivity index (χ2v) is 5.07. The fourth-order valence-corrected chi connectivity index (χ4v) is 2.65. The normalized spacial score (nSPS) is 17.6. The van der Waals surface area contributed by atoms with Gasteiger partial charge in [-0.25, -0.2) is 4.98 Å². The quantitative estimate of drug-likeness (QED) is 0.743. The van der Waals surface area contributed by atoms with Crippen molar-refractivity contribution in [3.05, 3.63) is 23.4 Å². The summed E-state index contributed by atoms with van der Waals surface area (Å²) in [6, 6.07) is 4.23. The average molecular weight is 253 g/mol. The first kappa shape index (κ1) is 12.7. The molecule has 0 N–H and O–H groups in total. The van der Waals surface area contributed by atoms with Crippen LogP contribution in [0.2, 0.25) is 0 Å². The van der Waals surface area contributed by atoms with E-state index in [1.807, 2.05) is 6.92 Å². The van der Waals surface area contributed by atoms with Gasteiger partial charge < -0.3 is 4.90 Å². The van der Waals surface area contributed by atoms with Crippen molar-refractivity contribution in [3.63, 3.8) is 0 Å². The fourth-order valence-electron chi connectivity index (χ4n) is 2.37. The van der Waals surface area contributed by atoms with Crippen molar-refractivity contribution in [3.8, 4) is 0 Å². The molecular weight excluding hydrogens is 232 g/mol. The lowest BCUT2D eigenvalue weighted by atomic mass is 10.1. The molecule has 1 saturated heterocycles. The smallest absolute Gasteiger partial charge is 0.128 e. The van der Waals surface area contributed by atoms with Crippen LogP contribution in [0.4, 0.5) is 5.82 Å². The molecule has 94 valence electrons. The molecule has 0 saturated carbocycles. The minimum absolute atomic E-state index is 0.555. The van der Waals surface area contributed by atoms with Crippen LogP contribution in [0.25, 0.3) is 0 Å². The van der Waals surface area contributed by atoms with Crippen LogP contribution < -0.4 is 4.90 Å². The Bertz CT molecular complexity index is 357. The number of hydrogen-bond donors (Lipinski definition) is 0. The maximum atomic E-state index is 5.86. The topological polar surface area (TPSA) is 16.1 Å². The standard InChI is InChI=1S/C14H21ClN2/c1-12-13(11-15)7-8-14(16-12)17-9-5-3-2-4-6-10-17/h7-8H,2-6,9-11H2,1H3. The number of anilines is 1. The fraction of sp³-hybridized carbons (Fsp3) is 0.643. The zero-order valence-electron chi connectivity index (χ0n) is 10.6. The molecule has 1 aromatic heterocycles. The average Bonchev–Trinajstić information content (AvgIpc) is 2.28. The van der Waals surface area contributed by atoms with Crippen molar-refractivity contribution < 1.29 is 0 Å². The second-order valence-electron chi connectivity index (χ2n) is 4.80. The highest BCUT2D eigenvalue weighted by atomic mass is 35.5. The van der Waals surface area contributed by atoms with Gasteiger partial charge in [0.25, 0.3) is 0 Å². The van der Waals surface area contributed by atoms with E-state index in [0.29, 0.717) is 5.88 Å². The molecule has 0 aliphatic carbocycles. The molecule has 0 bridgehead atoms. The highest BCUT2D eigenvalue weighted by Crippen LogP contribution is 2.19. The van der Waals surface area contributed by atoms with Gasteiger partial charge in [0, 0.05) is 24.7 Å². The largest absolute Gasteiger partial charge is 0.357 e. The van der Waals surface area contributed by atoms with Crippen LogP contribution in [0.5, 0.6) is 0 Å². The van der Waals surface area contributed by atoms with Gasteiger partial charge >= 0.3 is 0 Å². The Morgan fingerprint density at radius 3 is 2.35 bits per heavy atom. The monoisotopic (exact) mass is 252 g/mol. The number of nitrogens with zero attached hydrogens (tertiary/aromatic N) is 2. The Balaban J connectivity index is 2.11. The van der Waals surface area contributed by atoms with Gasteiger partial charge in [0.15, 0.2) is 0 Å². The Morgan fingerprint density at radius 1 is 1.12 bits per heavy atom. The Morgan fingerprint density at radius 2 is 1.76 bits per heavy atom. The van der Waals surface area contributed by atoms with Crippen molar-refractivity contribution in [2.24, 2.45) is 0 Å². The number of aryl methyl sites for hydroxylation is 1. The predicted molar refractivity (Wildman–Crippen MR) is 73.8 cm³/mol. The summed E-state index contributed by atoms with van der Waals surface area (Å²) in [5.41, 5.74) is 2.21. The first-order valence-electron chi connectivity index (χ1n) is 6.58. The van der Waals surface area contributed by atoms with Crippen molar-refractivity contribution in [2.75, 3.05) is 18.0 Å². The van der Waals surface area contributed by atoms with Gasteiger partial charge in [0.1, 0.15) is 5.82 Å². The van der Waals surface area contributed by atoms with E-state index < -0.39 is 0 Å². The molecule has 0 spiro atoms. The van der Waals surface area contributed by atoms with E-state index in [1.54, 1.807) is 0 Å². The summed E-state index contributed by atoms with van der Waals surface area (Å²) in [5, 5.41) is 0. The molecule has 0 aromatic carbocycles. The molecule has 1 fully saturated rings. The molecule has 0 unspecified atom stereocenters. The van der Waals surface area contributed by atoms with Crippen molar-refractivity contribution in [1.29, 1.82) is 0 Å². The maximum Gasteiger partial charge on any atom is 0.128 e. The molecule has 3 heteroatoms. The Kier molecular flexibility index (Phi) is 4.66. The Hall–Kier alpha value is -0.760. The third kappa shape index (κ3) is 3.35. The summed E-state index contributed by atoms with van der Waals surface area (Å²) in [7, 11) is 0. The first-order valence-corrected chi connectivity index (χ1v) is 7.12. The van der Waals surface area contributed by atoms with E-state index in [1.165, 1.54) is 32.1 Å². The zero-order valence-corrected chi connectivity index (χ0v) is 11.3. The SMILES string of the molecule is Cc1nc(N2CCCCCCC2)ccc1CCl. The van der Waals surface area contributed by atoms with Gasteiger partial charge in [-0.05, 0) is 31.4 Å². The predicted octanol–water partition coefficient (Wildman–Crippen LogP) is 3.90. The van der Waals surface area contributed by atoms with Crippen LogP contribution in [0, 0.1) is 6.92 Å². The molecule has 2 rings (SSSR count). The molecule has 0 radical (unpaired) electrons. The minimum atomic E-state index is 0.555. The number of alkyl halides is 1. The summed E-state index contributed by atoms with van der Waals surface area (Å²) in [6.45, 7) is 4.34. The third-order valence-electron chi connectivity index (χ3n) is 3.50. The van der Waals surface area contributed by atoms with Crippen molar-refractivity contribution in [1.82, 2.24) is 4.98 Å². The third-order valence-corrected chi connectivity index (χ3v) is 3.79. The lowest BCUT2D eigenvalue weighted by molar-refractivity contribution is 0.553. The van der Waals surface area contributed by atoms with Crippen molar-refractivity contribution >= 4 is 17.4 Å². The first-order chi connectivity index (χ1) is 8.31. The maximum absolute atomic E-state index is 5.86. The Labute approximate surface area is 109 Å². The molecule has 2 nitrogen and oxygen atoms in total. The van der Waals surface area contributed by atoms with Gasteiger partial charge in [-0.15, -0.1) is 11.6 Å². The van der Waals surface area contributed by atoms with Crippen LogP contribution >= 0.6 is 11.6 Å². The lowest BCUT2D eigenvalue weighted by Crippen LogP contribution is -2.28. The van der Waals surface area contributed by atoms with E-state index in [-0.39, 0.29) is 0 Å². The van der Waals surface area contributed by atoms with Crippen LogP contribution in [0.1, 0.15) is 43.4 Å². The molecule has 2 heterocycles. The van der Waals surface area contributed by atoms with Gasteiger partial charge in [-0.1, -0.05) is 25.3 Å². The summed E-state index contributed by atoms with van der Waals surface area (Å²) in [6.07, 6.45) is 6.69. The van der Waals surface area contributed by atoms with E-state index in [9.17, 15) is 0 Å². The molecule has 1 aliphatic heterocycles. The van der Waals surface area contributed by atoms with Gasteiger partial charge in [0.05, 0.1) is 0 Å². The number of rotatable bonds is 2. The van der Waals surface area contributed by atoms with Crippen molar-refractivity contribution in [2.45, 2.75) is 44.9 Å². The molecule has 17 heavy (non-hydrogen) atoms. The highest BCUT2D eigenvalue weighted by Gasteiger charge is 2.11. The van der Waals surface area contributed by atoms with Crippen LogP contribution in [-0.4, -0.2) is 18.1 Å². The van der Waals surface area contributed by atoms with E-state index in [4.69, 9.17) is 11.6 Å². The van der Waals surface area contributed by atoms with Crippen LogP contribution in [0.15, 0.2) is 12.1 Å². The number of hydrogen-bond acceptors (Lipinski definition) is 2. The van der Waals surface area contributed by atoms with E-state index in [0.717, 1.165) is 30.2 Å². The van der Waals surface area contributed by atoms with E-state index >= 15 is 0 Å². The summed E-state index contributed by atoms with van der Waals surface area (Å²) in [5.74, 6) is 1.68. The van der Waals surface area contributed by atoms with Crippen LogP contribution in [0.3, 0.4) is 0 Å². The van der Waals surface area contributed by atoms with Gasteiger partial charge in [-0.3, -0.25) is 0 Å². The zero-order chi connectivity index (χ0) is 12.1. The molecule has 0 atom stereocenters. The number of aromatic nitrogens is 1. The molecular formula is C14H21ClN2. The molecule has 1 aromatic rings. The highest BCUT2D eigenvalue weighted by molar-refractivity contribution is 6.17. The number of pyridine rings is 1. The summed E-state index contributed by atoms with van der Waals surface area (Å²) in [4.78, 5) is 7.10. The lowest BCUT2D eigenvalue weighted by Gasteiger charge is -2.26. The summed E-state index contributed by atoms with van der Waals surface area (Å²) < 4.78 is 0. The van der Waals surface area contributed by atoms with E-state index in [2.05, 4.69) is 22.0 Å². The van der Waals surface area contributed by atoms with Gasteiger partial charge in [0.2, 0.25) is 0 Å². The number of halogens is 1. The van der Waals surface area contributed by atoms with Crippen LogP contribution in [-0.2, 0) is 5.88 Å². The molecule has 1 aliphatic rings.